The Balaban J connectivity index is 2.78. The van der Waals surface area contributed by atoms with Crippen molar-refractivity contribution in [2.24, 2.45) is 0 Å². The molecular weight excluding hydrogens is 295 g/mol. The highest BCUT2D eigenvalue weighted by molar-refractivity contribution is 9.10. The summed E-state index contributed by atoms with van der Waals surface area (Å²) in [7, 11) is -4.38. The zero-order valence-electron chi connectivity index (χ0n) is 6.74. The molecule has 0 N–H and O–H groups in total. The van der Waals surface area contributed by atoms with Crippen molar-refractivity contribution < 1.29 is 17.7 Å². The number of benzene rings is 1. The molecule has 4 nitrogen and oxygen atoms in total. The molecule has 0 spiro atoms. The third kappa shape index (κ3) is 3.83. The van der Waals surface area contributed by atoms with Crippen LogP contribution in [0.5, 0.6) is 5.75 Å². The fraction of sp³-hybridized carbons (Fsp3) is 0.143. The van der Waals surface area contributed by atoms with Gasteiger partial charge in [-0.05, 0) is 34.1 Å². The largest absolute Gasteiger partial charge is 0.745 e. The van der Waals surface area contributed by atoms with E-state index < -0.39 is 16.1 Å². The second-order valence-corrected chi connectivity index (χ2v) is 5.04. The van der Waals surface area contributed by atoms with Crippen LogP contribution in [-0.4, -0.2) is 18.9 Å². The van der Waals surface area contributed by atoms with Gasteiger partial charge in [-0.2, -0.15) is 0 Å². The van der Waals surface area contributed by atoms with Gasteiger partial charge in [-0.1, -0.05) is 11.6 Å². The molecule has 0 atom stereocenters. The first-order chi connectivity index (χ1) is 6.38. The molecule has 0 aliphatic heterocycles. The number of hydrogen-bond donors (Lipinski definition) is 0. The molecule has 0 aliphatic rings. The van der Waals surface area contributed by atoms with E-state index in [1.165, 1.54) is 18.2 Å². The van der Waals surface area contributed by atoms with Crippen LogP contribution in [0, 0.1) is 0 Å². The summed E-state index contributed by atoms with van der Waals surface area (Å²) in [5, 5.41) is 0.481. The lowest BCUT2D eigenvalue weighted by molar-refractivity contribution is 0.346. The minimum atomic E-state index is -4.38. The van der Waals surface area contributed by atoms with Crippen LogP contribution in [0.25, 0.3) is 0 Å². The van der Waals surface area contributed by atoms with E-state index in [9.17, 15) is 13.0 Å². The normalized spacial score (nSPS) is 11.4. The van der Waals surface area contributed by atoms with Gasteiger partial charge < -0.3 is 9.29 Å². The molecule has 1 aromatic carbocycles. The van der Waals surface area contributed by atoms with E-state index in [0.29, 0.717) is 9.50 Å². The molecular formula is C7H5BrClO4S-. The monoisotopic (exact) mass is 299 g/mol. The summed E-state index contributed by atoms with van der Waals surface area (Å²) in [5.74, 6) is -0.637. The maximum absolute atomic E-state index is 10.3. The van der Waals surface area contributed by atoms with E-state index in [-0.39, 0.29) is 5.75 Å². The summed E-state index contributed by atoms with van der Waals surface area (Å²) < 4.78 is 36.0. The second-order valence-electron chi connectivity index (χ2n) is 2.39. The Kier molecular flexibility index (Phi) is 3.77. The molecule has 0 saturated heterocycles. The van der Waals surface area contributed by atoms with Crippen LogP contribution in [0.2, 0.25) is 5.02 Å². The van der Waals surface area contributed by atoms with E-state index in [4.69, 9.17) is 16.3 Å². The molecule has 14 heavy (non-hydrogen) atoms. The van der Waals surface area contributed by atoms with Gasteiger partial charge in [0.2, 0.25) is 0 Å². The molecule has 0 heterocycles. The van der Waals surface area contributed by atoms with Crippen molar-refractivity contribution in [1.29, 1.82) is 0 Å². The second kappa shape index (κ2) is 4.48. The highest BCUT2D eigenvalue weighted by atomic mass is 79.9. The zero-order chi connectivity index (χ0) is 10.8. The van der Waals surface area contributed by atoms with Crippen LogP contribution in [0.4, 0.5) is 0 Å². The van der Waals surface area contributed by atoms with Gasteiger partial charge in [0.05, 0.1) is 4.47 Å². The Morgan fingerprint density at radius 3 is 2.64 bits per heavy atom. The molecule has 0 saturated carbocycles. The van der Waals surface area contributed by atoms with Gasteiger partial charge in [0, 0.05) is 5.02 Å². The van der Waals surface area contributed by atoms with E-state index in [1.807, 2.05) is 0 Å². The molecule has 1 aromatic rings. The summed E-state index contributed by atoms with van der Waals surface area (Å²) in [6.45, 7) is 0. The van der Waals surface area contributed by atoms with Crippen molar-refractivity contribution >= 4 is 37.6 Å². The average molecular weight is 301 g/mol. The highest BCUT2D eigenvalue weighted by Gasteiger charge is 2.03. The first-order valence-corrected chi connectivity index (χ1v) is 6.15. The molecule has 0 unspecified atom stereocenters. The zero-order valence-corrected chi connectivity index (χ0v) is 9.89. The third-order valence-electron chi connectivity index (χ3n) is 1.25. The van der Waals surface area contributed by atoms with Crippen molar-refractivity contribution in [2.75, 3.05) is 5.94 Å². The Bertz CT molecular complexity index is 431. The predicted molar refractivity (Wildman–Crippen MR) is 54.3 cm³/mol. The number of ether oxygens (including phenoxy) is 1. The molecule has 7 heteroatoms. The van der Waals surface area contributed by atoms with Gasteiger partial charge in [0.1, 0.15) is 15.9 Å². The van der Waals surface area contributed by atoms with Crippen molar-refractivity contribution in [3.63, 3.8) is 0 Å². The Morgan fingerprint density at radius 2 is 2.14 bits per heavy atom. The van der Waals surface area contributed by atoms with Gasteiger partial charge >= 0.3 is 0 Å². The van der Waals surface area contributed by atoms with Gasteiger partial charge in [-0.25, -0.2) is 8.42 Å². The predicted octanol–water partition coefficient (Wildman–Crippen LogP) is 1.98. The molecule has 0 fully saturated rings. The van der Waals surface area contributed by atoms with Gasteiger partial charge in [-0.15, -0.1) is 0 Å². The Hall–Kier alpha value is -0.300. The summed E-state index contributed by atoms with van der Waals surface area (Å²) in [6, 6.07) is 4.53. The first-order valence-electron chi connectivity index (χ1n) is 3.40. The number of hydrogen-bond acceptors (Lipinski definition) is 4. The molecule has 0 aliphatic carbocycles. The quantitative estimate of drug-likeness (QED) is 0.801. The highest BCUT2D eigenvalue weighted by Crippen LogP contribution is 2.27. The molecule has 0 amide bonds. The first kappa shape index (κ1) is 11.8. The molecule has 0 aromatic heterocycles. The van der Waals surface area contributed by atoms with Crippen LogP contribution in [0.1, 0.15) is 0 Å². The molecule has 1 rings (SSSR count). The molecule has 0 bridgehead atoms. The van der Waals surface area contributed by atoms with Crippen molar-refractivity contribution in [3.8, 4) is 5.75 Å². The van der Waals surface area contributed by atoms with Gasteiger partial charge in [-0.3, -0.25) is 0 Å². The van der Waals surface area contributed by atoms with Crippen LogP contribution < -0.4 is 4.74 Å². The van der Waals surface area contributed by atoms with E-state index in [1.54, 1.807) is 0 Å². The molecule has 0 radical (unpaired) electrons. The summed E-state index contributed by atoms with van der Waals surface area (Å²) in [6.07, 6.45) is 0. The number of halogens is 2. The maximum Gasteiger partial charge on any atom is 0.177 e. The SMILES string of the molecule is O=S(=O)([O-])COc1ccc(Cl)cc1Br. The lowest BCUT2D eigenvalue weighted by atomic mass is 10.3. The van der Waals surface area contributed by atoms with Crippen molar-refractivity contribution in [1.82, 2.24) is 0 Å². The third-order valence-corrected chi connectivity index (χ3v) is 2.51. The fourth-order valence-corrected chi connectivity index (χ4v) is 1.80. The lowest BCUT2D eigenvalue weighted by Gasteiger charge is -2.10. The van der Waals surface area contributed by atoms with Crippen LogP contribution >= 0.6 is 27.5 Å². The van der Waals surface area contributed by atoms with Crippen molar-refractivity contribution in [3.05, 3.63) is 27.7 Å². The lowest BCUT2D eigenvalue weighted by Crippen LogP contribution is -2.10. The van der Waals surface area contributed by atoms with Crippen LogP contribution in [0.3, 0.4) is 0 Å². The molecule has 78 valence electrons. The minimum Gasteiger partial charge on any atom is -0.745 e. The maximum atomic E-state index is 10.3. The minimum absolute atomic E-state index is 0.258. The summed E-state index contributed by atoms with van der Waals surface area (Å²) >= 11 is 8.75. The summed E-state index contributed by atoms with van der Waals surface area (Å²) in [5.41, 5.74) is 0. The van der Waals surface area contributed by atoms with E-state index in [2.05, 4.69) is 15.9 Å². The topological polar surface area (TPSA) is 66.4 Å². The van der Waals surface area contributed by atoms with Gasteiger partial charge in [0.25, 0.3) is 0 Å². The van der Waals surface area contributed by atoms with Crippen LogP contribution in [-0.2, 0) is 10.1 Å². The summed E-state index contributed by atoms with van der Waals surface area (Å²) in [4.78, 5) is 0. The van der Waals surface area contributed by atoms with E-state index in [0.717, 1.165) is 0 Å². The van der Waals surface area contributed by atoms with Gasteiger partial charge in [0.15, 0.2) is 5.94 Å². The fourth-order valence-electron chi connectivity index (χ4n) is 0.728. The van der Waals surface area contributed by atoms with E-state index >= 15 is 0 Å². The smallest absolute Gasteiger partial charge is 0.177 e. The van der Waals surface area contributed by atoms with Crippen LogP contribution in [0.15, 0.2) is 22.7 Å². The Labute approximate surface area is 94.7 Å². The number of rotatable bonds is 3. The average Bonchev–Trinajstić information content (AvgIpc) is 2.00. The van der Waals surface area contributed by atoms with Crippen molar-refractivity contribution in [2.45, 2.75) is 0 Å². The standard InChI is InChI=1S/C7H6BrClO4S/c8-6-3-5(9)1-2-7(6)13-4-14(10,11)12/h1-3H,4H2,(H,10,11,12)/p-1. The Morgan fingerprint density at radius 1 is 1.50 bits per heavy atom.